The van der Waals surface area contributed by atoms with Gasteiger partial charge in [0, 0.05) is 16.1 Å². The molecule has 0 aliphatic heterocycles. The van der Waals surface area contributed by atoms with Gasteiger partial charge in [0.1, 0.15) is 0 Å². The largest absolute Gasteiger partial charge is 0.314 e. The molecule has 1 aromatic rings. The number of benzene rings is 1. The Bertz CT molecular complexity index is 431. The first kappa shape index (κ1) is 16.1. The molecule has 112 valence electrons. The van der Waals surface area contributed by atoms with Crippen LogP contribution in [0.1, 0.15) is 57.4 Å². The van der Waals surface area contributed by atoms with Crippen LogP contribution in [0, 0.1) is 5.92 Å². The molecule has 1 aliphatic carbocycles. The number of hydrogen-bond donors (Lipinski definition) is 1. The van der Waals surface area contributed by atoms with Crippen molar-refractivity contribution in [2.75, 3.05) is 6.54 Å². The summed E-state index contributed by atoms with van der Waals surface area (Å²) in [4.78, 5) is 0. The standard InChI is InChI=1S/C17H25Cl2N/c1-12(2)20-11-13-6-4-3-5-7-15(13)16-10-14(18)8-9-17(16)19/h8-10,12-13,15,20H,3-7,11H2,1-2H3. The van der Waals surface area contributed by atoms with Crippen LogP contribution in [-0.4, -0.2) is 12.6 Å². The molecule has 0 aromatic heterocycles. The van der Waals surface area contributed by atoms with Crippen LogP contribution in [0.4, 0.5) is 0 Å². The van der Waals surface area contributed by atoms with E-state index in [-0.39, 0.29) is 0 Å². The lowest BCUT2D eigenvalue weighted by Crippen LogP contribution is -2.31. The minimum Gasteiger partial charge on any atom is -0.314 e. The Labute approximate surface area is 133 Å². The molecule has 1 fully saturated rings. The van der Waals surface area contributed by atoms with Crippen LogP contribution in [0.25, 0.3) is 0 Å². The third-order valence-electron chi connectivity index (χ3n) is 4.30. The average Bonchev–Trinajstić information content (AvgIpc) is 2.64. The predicted molar refractivity (Wildman–Crippen MR) is 88.9 cm³/mol. The molecule has 2 rings (SSSR count). The van der Waals surface area contributed by atoms with Gasteiger partial charge in [0.25, 0.3) is 0 Å². The second-order valence-corrected chi connectivity index (χ2v) is 7.08. The molecule has 0 amide bonds. The summed E-state index contributed by atoms with van der Waals surface area (Å²) in [5.74, 6) is 1.20. The molecule has 1 aromatic carbocycles. The third kappa shape index (κ3) is 4.38. The molecule has 0 saturated heterocycles. The van der Waals surface area contributed by atoms with Crippen molar-refractivity contribution in [3.05, 3.63) is 33.8 Å². The summed E-state index contributed by atoms with van der Waals surface area (Å²) in [6.07, 6.45) is 6.48. The third-order valence-corrected chi connectivity index (χ3v) is 4.88. The van der Waals surface area contributed by atoms with Gasteiger partial charge in [-0.15, -0.1) is 0 Å². The van der Waals surface area contributed by atoms with Crippen LogP contribution in [0.5, 0.6) is 0 Å². The summed E-state index contributed by atoms with van der Waals surface area (Å²) >= 11 is 12.6. The lowest BCUT2D eigenvalue weighted by atomic mass is 9.82. The topological polar surface area (TPSA) is 12.0 Å². The van der Waals surface area contributed by atoms with Gasteiger partial charge >= 0.3 is 0 Å². The van der Waals surface area contributed by atoms with Gasteiger partial charge in [-0.3, -0.25) is 0 Å². The lowest BCUT2D eigenvalue weighted by Gasteiger charge is -2.27. The van der Waals surface area contributed by atoms with Crippen molar-refractivity contribution >= 4 is 23.2 Å². The molecule has 0 spiro atoms. The van der Waals surface area contributed by atoms with Gasteiger partial charge in [-0.2, -0.15) is 0 Å². The predicted octanol–water partition coefficient (Wildman–Crippen LogP) is 5.66. The Morgan fingerprint density at radius 2 is 1.90 bits per heavy atom. The second kappa shape index (κ2) is 7.68. The van der Waals surface area contributed by atoms with Gasteiger partial charge < -0.3 is 5.32 Å². The summed E-state index contributed by atoms with van der Waals surface area (Å²) in [5, 5.41) is 5.27. The molecular formula is C17H25Cl2N. The highest BCUT2D eigenvalue weighted by molar-refractivity contribution is 6.33. The second-order valence-electron chi connectivity index (χ2n) is 6.23. The van der Waals surface area contributed by atoms with Crippen molar-refractivity contribution in [1.82, 2.24) is 5.32 Å². The number of hydrogen-bond acceptors (Lipinski definition) is 1. The first-order valence-electron chi connectivity index (χ1n) is 7.76. The van der Waals surface area contributed by atoms with E-state index in [0.717, 1.165) is 16.6 Å². The molecule has 3 heteroatoms. The van der Waals surface area contributed by atoms with Crippen LogP contribution in [0.15, 0.2) is 18.2 Å². The maximum atomic E-state index is 6.43. The molecule has 20 heavy (non-hydrogen) atoms. The van der Waals surface area contributed by atoms with Crippen molar-refractivity contribution in [3.8, 4) is 0 Å². The highest BCUT2D eigenvalue weighted by atomic mass is 35.5. The zero-order valence-electron chi connectivity index (χ0n) is 12.5. The normalized spacial score (nSPS) is 23.9. The van der Waals surface area contributed by atoms with Gasteiger partial charge in [-0.25, -0.2) is 0 Å². The fourth-order valence-electron chi connectivity index (χ4n) is 3.22. The van der Waals surface area contributed by atoms with Crippen molar-refractivity contribution in [2.45, 2.75) is 57.9 Å². The summed E-state index contributed by atoms with van der Waals surface area (Å²) < 4.78 is 0. The maximum Gasteiger partial charge on any atom is 0.0441 e. The summed E-state index contributed by atoms with van der Waals surface area (Å²) in [6, 6.07) is 6.43. The van der Waals surface area contributed by atoms with Crippen LogP contribution in [0.2, 0.25) is 10.0 Å². The fraction of sp³-hybridized carbons (Fsp3) is 0.647. The molecule has 0 radical (unpaired) electrons. The van der Waals surface area contributed by atoms with Gasteiger partial charge in [-0.05, 0) is 55.0 Å². The van der Waals surface area contributed by atoms with Crippen molar-refractivity contribution in [1.29, 1.82) is 0 Å². The van der Waals surface area contributed by atoms with E-state index in [2.05, 4.69) is 25.2 Å². The Kier molecular flexibility index (Phi) is 6.20. The Hall–Kier alpha value is -0.240. The zero-order valence-corrected chi connectivity index (χ0v) is 14.0. The monoisotopic (exact) mass is 313 g/mol. The lowest BCUT2D eigenvalue weighted by molar-refractivity contribution is 0.363. The molecule has 1 nitrogen and oxygen atoms in total. The molecular weight excluding hydrogens is 289 g/mol. The minimum atomic E-state index is 0.536. The molecule has 2 unspecified atom stereocenters. The van der Waals surface area contributed by atoms with Crippen LogP contribution in [-0.2, 0) is 0 Å². The molecule has 2 atom stereocenters. The van der Waals surface area contributed by atoms with Crippen molar-refractivity contribution in [3.63, 3.8) is 0 Å². The van der Waals surface area contributed by atoms with Gasteiger partial charge in [0.05, 0.1) is 0 Å². The van der Waals surface area contributed by atoms with Crippen molar-refractivity contribution in [2.24, 2.45) is 5.92 Å². The maximum absolute atomic E-state index is 6.43. The van der Waals surface area contributed by atoms with Crippen LogP contribution in [0.3, 0.4) is 0 Å². The quantitative estimate of drug-likeness (QED) is 0.708. The van der Waals surface area contributed by atoms with E-state index in [9.17, 15) is 0 Å². The summed E-state index contributed by atoms with van der Waals surface area (Å²) in [6.45, 7) is 5.49. The Balaban J connectivity index is 2.20. The first-order valence-corrected chi connectivity index (χ1v) is 8.52. The Morgan fingerprint density at radius 1 is 1.15 bits per heavy atom. The van der Waals surface area contributed by atoms with E-state index in [0.29, 0.717) is 17.9 Å². The molecule has 1 N–H and O–H groups in total. The number of halogens is 2. The smallest absolute Gasteiger partial charge is 0.0441 e. The molecule has 1 aliphatic rings. The first-order chi connectivity index (χ1) is 9.58. The average molecular weight is 314 g/mol. The van der Waals surface area contributed by atoms with Crippen molar-refractivity contribution < 1.29 is 0 Å². The van der Waals surface area contributed by atoms with E-state index < -0.39 is 0 Å². The van der Waals surface area contributed by atoms with E-state index in [1.165, 1.54) is 37.7 Å². The van der Waals surface area contributed by atoms with E-state index in [1.54, 1.807) is 0 Å². The van der Waals surface area contributed by atoms with E-state index in [4.69, 9.17) is 23.2 Å². The zero-order chi connectivity index (χ0) is 14.5. The van der Waals surface area contributed by atoms with E-state index >= 15 is 0 Å². The summed E-state index contributed by atoms with van der Waals surface area (Å²) in [7, 11) is 0. The molecule has 0 heterocycles. The molecule has 0 bridgehead atoms. The molecule has 1 saturated carbocycles. The van der Waals surface area contributed by atoms with Crippen LogP contribution >= 0.6 is 23.2 Å². The minimum absolute atomic E-state index is 0.536. The van der Waals surface area contributed by atoms with Gasteiger partial charge in [0.2, 0.25) is 0 Å². The number of rotatable bonds is 4. The van der Waals surface area contributed by atoms with Gasteiger partial charge in [0.15, 0.2) is 0 Å². The van der Waals surface area contributed by atoms with Gasteiger partial charge in [-0.1, -0.05) is 56.3 Å². The summed E-state index contributed by atoms with van der Waals surface area (Å²) in [5.41, 5.74) is 1.25. The number of nitrogens with one attached hydrogen (secondary N) is 1. The fourth-order valence-corrected chi connectivity index (χ4v) is 3.66. The van der Waals surface area contributed by atoms with E-state index in [1.807, 2.05) is 12.1 Å². The Morgan fingerprint density at radius 3 is 2.65 bits per heavy atom. The van der Waals surface area contributed by atoms with Crippen LogP contribution < -0.4 is 5.32 Å². The SMILES string of the molecule is CC(C)NCC1CCCCCC1c1cc(Cl)ccc1Cl. The highest BCUT2D eigenvalue weighted by Gasteiger charge is 2.26. The highest BCUT2D eigenvalue weighted by Crippen LogP contribution is 2.40.